The molecule has 0 bridgehead atoms. The number of rotatable bonds is 3. The molecule has 0 aliphatic carbocycles. The fraction of sp³-hybridized carbons (Fsp3) is 0. The highest BCUT2D eigenvalue weighted by molar-refractivity contribution is 7.92. The number of nitrogens with one attached hydrogen (secondary N) is 1. The number of pyridine rings is 1. The van der Waals surface area contributed by atoms with Crippen molar-refractivity contribution >= 4 is 44.9 Å². The van der Waals surface area contributed by atoms with E-state index in [1.54, 1.807) is 0 Å². The van der Waals surface area contributed by atoms with Crippen LogP contribution in [-0.2, 0) is 10.0 Å². The molecule has 2 aromatic rings. The van der Waals surface area contributed by atoms with E-state index in [1.165, 1.54) is 24.4 Å². The van der Waals surface area contributed by atoms with Crippen molar-refractivity contribution in [3.8, 4) is 0 Å². The van der Waals surface area contributed by atoms with E-state index in [2.05, 4.69) is 19.7 Å². The highest BCUT2D eigenvalue weighted by atomic mass is 35.5. The van der Waals surface area contributed by atoms with Gasteiger partial charge in [-0.05, 0) is 23.7 Å². The lowest BCUT2D eigenvalue weighted by molar-refractivity contribution is 0.601. The quantitative estimate of drug-likeness (QED) is 0.656. The van der Waals surface area contributed by atoms with Crippen LogP contribution in [0.5, 0.6) is 0 Å². The molecule has 0 saturated carbocycles. The first kappa shape index (κ1) is 13.8. The summed E-state index contributed by atoms with van der Waals surface area (Å²) in [6.45, 7) is 0. The third kappa shape index (κ3) is 3.22. The number of anilines is 2. The van der Waals surface area contributed by atoms with Crippen LogP contribution < -0.4 is 10.5 Å². The van der Waals surface area contributed by atoms with Crippen molar-refractivity contribution in [1.29, 1.82) is 0 Å². The van der Waals surface area contributed by atoms with Gasteiger partial charge in [-0.1, -0.05) is 11.6 Å². The average Bonchev–Trinajstić information content (AvgIpc) is 2.26. The van der Waals surface area contributed by atoms with Gasteiger partial charge in [0.05, 0.1) is 0 Å². The van der Waals surface area contributed by atoms with Crippen molar-refractivity contribution in [3.63, 3.8) is 0 Å². The summed E-state index contributed by atoms with van der Waals surface area (Å²) >= 11 is 11.2. The van der Waals surface area contributed by atoms with Crippen molar-refractivity contribution < 1.29 is 8.42 Å². The third-order valence-electron chi connectivity index (χ3n) is 2.00. The highest BCUT2D eigenvalue weighted by Gasteiger charge is 2.19. The van der Waals surface area contributed by atoms with E-state index in [4.69, 9.17) is 28.9 Å². The van der Waals surface area contributed by atoms with Crippen LogP contribution in [0.1, 0.15) is 0 Å². The fourth-order valence-corrected chi connectivity index (χ4v) is 2.75. The van der Waals surface area contributed by atoms with Gasteiger partial charge in [0.1, 0.15) is 21.7 Å². The molecule has 10 heteroatoms. The topological polar surface area (TPSA) is 111 Å². The maximum atomic E-state index is 12.1. The zero-order valence-corrected chi connectivity index (χ0v) is 11.5. The monoisotopic (exact) mass is 319 g/mol. The Kier molecular flexibility index (Phi) is 3.74. The lowest BCUT2D eigenvalue weighted by atomic mass is 10.5. The molecule has 2 rings (SSSR count). The normalized spacial score (nSPS) is 11.3. The van der Waals surface area contributed by atoms with E-state index in [-0.39, 0.29) is 27.0 Å². The second-order valence-corrected chi connectivity index (χ2v) is 5.71. The summed E-state index contributed by atoms with van der Waals surface area (Å²) in [6.07, 6.45) is 1.38. The van der Waals surface area contributed by atoms with Gasteiger partial charge in [-0.3, -0.25) is 4.72 Å². The minimum absolute atomic E-state index is 0.0110. The zero-order chi connectivity index (χ0) is 14.0. The summed E-state index contributed by atoms with van der Waals surface area (Å²) in [7, 11) is -3.92. The van der Waals surface area contributed by atoms with Gasteiger partial charge in [0.2, 0.25) is 5.28 Å². The molecule has 2 aromatic heterocycles. The smallest absolute Gasteiger partial charge is 0.266 e. The second-order valence-electron chi connectivity index (χ2n) is 3.34. The maximum absolute atomic E-state index is 12.1. The lowest BCUT2D eigenvalue weighted by Gasteiger charge is -2.08. The molecule has 3 N–H and O–H groups in total. The Morgan fingerprint density at radius 2 is 2.00 bits per heavy atom. The van der Waals surface area contributed by atoms with E-state index in [1.807, 2.05) is 0 Å². The summed E-state index contributed by atoms with van der Waals surface area (Å²) in [5.74, 6) is -0.186. The third-order valence-corrected chi connectivity index (χ3v) is 3.76. The first-order chi connectivity index (χ1) is 8.88. The molecule has 0 aliphatic heterocycles. The van der Waals surface area contributed by atoms with Gasteiger partial charge in [0.15, 0.2) is 0 Å². The van der Waals surface area contributed by atoms with Crippen LogP contribution in [0.4, 0.5) is 11.6 Å². The van der Waals surface area contributed by atoms with Crippen molar-refractivity contribution in [3.05, 3.63) is 34.8 Å². The molecule has 0 amide bonds. The SMILES string of the molecule is Nc1ncccc1S(=O)(=O)Nc1cc(Cl)nc(Cl)n1. The van der Waals surface area contributed by atoms with E-state index in [9.17, 15) is 8.42 Å². The minimum atomic E-state index is -3.92. The van der Waals surface area contributed by atoms with Gasteiger partial charge in [0, 0.05) is 12.3 Å². The second kappa shape index (κ2) is 5.16. The van der Waals surface area contributed by atoms with Crippen LogP contribution in [0.3, 0.4) is 0 Å². The van der Waals surface area contributed by atoms with Gasteiger partial charge in [-0.25, -0.2) is 18.4 Å². The van der Waals surface area contributed by atoms with E-state index < -0.39 is 10.0 Å². The lowest BCUT2D eigenvalue weighted by Crippen LogP contribution is -2.16. The number of aromatic nitrogens is 3. The van der Waals surface area contributed by atoms with E-state index in [0.717, 1.165) is 0 Å². The number of halogens is 2. The molecule has 19 heavy (non-hydrogen) atoms. The molecule has 0 unspecified atom stereocenters. The van der Waals surface area contributed by atoms with Crippen LogP contribution in [0.15, 0.2) is 29.3 Å². The molecule has 0 fully saturated rings. The predicted molar refractivity (Wildman–Crippen MR) is 71.5 cm³/mol. The Hall–Kier alpha value is -1.64. The fourth-order valence-electron chi connectivity index (χ4n) is 1.26. The number of nitrogen functional groups attached to an aromatic ring is 1. The molecule has 0 aliphatic rings. The highest BCUT2D eigenvalue weighted by Crippen LogP contribution is 2.20. The molecule has 0 spiro atoms. The van der Waals surface area contributed by atoms with Gasteiger partial charge >= 0.3 is 0 Å². The van der Waals surface area contributed by atoms with Crippen LogP contribution in [0, 0.1) is 0 Å². The van der Waals surface area contributed by atoms with Crippen LogP contribution in [0.25, 0.3) is 0 Å². The molecule has 2 heterocycles. The number of sulfonamides is 1. The molecular weight excluding hydrogens is 313 g/mol. The van der Waals surface area contributed by atoms with Gasteiger partial charge in [-0.2, -0.15) is 4.98 Å². The van der Waals surface area contributed by atoms with Crippen LogP contribution >= 0.6 is 23.2 Å². The molecule has 0 atom stereocenters. The van der Waals surface area contributed by atoms with Gasteiger partial charge < -0.3 is 5.73 Å². The van der Waals surface area contributed by atoms with Crippen molar-refractivity contribution in [1.82, 2.24) is 15.0 Å². The number of nitrogens with zero attached hydrogens (tertiary/aromatic N) is 3. The average molecular weight is 320 g/mol. The number of nitrogens with two attached hydrogens (primary N) is 1. The molecule has 7 nitrogen and oxygen atoms in total. The number of hydrogen-bond acceptors (Lipinski definition) is 6. The Morgan fingerprint density at radius 1 is 1.26 bits per heavy atom. The van der Waals surface area contributed by atoms with Crippen molar-refractivity contribution in [2.45, 2.75) is 4.90 Å². The van der Waals surface area contributed by atoms with Crippen molar-refractivity contribution in [2.24, 2.45) is 0 Å². The summed E-state index contributed by atoms with van der Waals surface area (Å²) < 4.78 is 26.3. The molecular formula is C9H7Cl2N5O2S. The molecule has 100 valence electrons. The largest absolute Gasteiger partial charge is 0.383 e. The Labute approximate surface area is 118 Å². The first-order valence-corrected chi connectivity index (χ1v) is 7.06. The maximum Gasteiger partial charge on any atom is 0.266 e. The minimum Gasteiger partial charge on any atom is -0.383 e. The molecule has 0 radical (unpaired) electrons. The summed E-state index contributed by atoms with van der Waals surface area (Å²) in [6, 6.07) is 3.98. The first-order valence-electron chi connectivity index (χ1n) is 4.82. The standard InChI is InChI=1S/C9H7Cl2N5O2S/c10-6-4-7(15-9(11)14-6)16-19(17,18)5-2-1-3-13-8(5)12/h1-4H,(H2,12,13)(H,14,15,16). The number of hydrogen-bond donors (Lipinski definition) is 2. The van der Waals surface area contributed by atoms with Crippen molar-refractivity contribution in [2.75, 3.05) is 10.5 Å². The Bertz CT molecular complexity index is 702. The Morgan fingerprint density at radius 3 is 2.63 bits per heavy atom. The predicted octanol–water partition coefficient (Wildman–Crippen LogP) is 1.56. The van der Waals surface area contributed by atoms with Gasteiger partial charge in [0.25, 0.3) is 10.0 Å². The molecule has 0 saturated heterocycles. The van der Waals surface area contributed by atoms with Gasteiger partial charge in [-0.15, -0.1) is 0 Å². The summed E-state index contributed by atoms with van der Waals surface area (Å²) in [5.41, 5.74) is 5.50. The summed E-state index contributed by atoms with van der Waals surface area (Å²) in [5, 5.41) is -0.166. The van der Waals surface area contributed by atoms with Crippen LogP contribution in [-0.4, -0.2) is 23.4 Å². The molecule has 0 aromatic carbocycles. The van der Waals surface area contributed by atoms with E-state index in [0.29, 0.717) is 0 Å². The Balaban J connectivity index is 2.39. The van der Waals surface area contributed by atoms with E-state index >= 15 is 0 Å². The summed E-state index contributed by atoms with van der Waals surface area (Å²) in [4.78, 5) is 10.8. The zero-order valence-electron chi connectivity index (χ0n) is 9.21. The van der Waals surface area contributed by atoms with Crippen LogP contribution in [0.2, 0.25) is 10.4 Å².